The molecule has 0 aromatic carbocycles. The van der Waals surface area contributed by atoms with Crippen LogP contribution >= 0.6 is 0 Å². The summed E-state index contributed by atoms with van der Waals surface area (Å²) in [5.41, 5.74) is 0. The summed E-state index contributed by atoms with van der Waals surface area (Å²) in [7, 11) is 0. The van der Waals surface area contributed by atoms with E-state index in [1.165, 1.54) is 69.0 Å². The zero-order valence-electron chi connectivity index (χ0n) is 12.5. The summed E-state index contributed by atoms with van der Waals surface area (Å²) >= 11 is 0. The normalized spacial score (nSPS) is 28.4. The van der Waals surface area contributed by atoms with Gasteiger partial charge in [-0.25, -0.2) is 0 Å². The van der Waals surface area contributed by atoms with Crippen LogP contribution in [0.15, 0.2) is 48.6 Å². The van der Waals surface area contributed by atoms with Crippen LogP contribution in [0.5, 0.6) is 0 Å². The zero-order valence-corrected chi connectivity index (χ0v) is 12.5. The number of hydrogen-bond donors (Lipinski definition) is 0. The van der Waals surface area contributed by atoms with Gasteiger partial charge in [0.2, 0.25) is 0 Å². The zero-order chi connectivity index (χ0) is 14.1. The SMILES string of the molecule is C1=C[C]2[C]3C=CC=C[C]3[C](CCN3CCCCC3)[C]2C=C1. The molecule has 0 atom stereocenters. The third-order valence-electron chi connectivity index (χ3n) is 4.92. The molecule has 0 N–H and O–H groups in total. The van der Waals surface area contributed by atoms with E-state index in [0.29, 0.717) is 0 Å². The Morgan fingerprint density at radius 3 is 1.76 bits per heavy atom. The van der Waals surface area contributed by atoms with Crippen LogP contribution in [0.4, 0.5) is 0 Å². The lowest BCUT2D eigenvalue weighted by molar-refractivity contribution is 0.229. The number of likely N-dealkylation sites (tertiary alicyclic amines) is 1. The lowest BCUT2D eigenvalue weighted by atomic mass is 9.82. The fraction of sp³-hybridized carbons (Fsp3) is 0.350. The first-order chi connectivity index (χ1) is 10.4. The Morgan fingerprint density at radius 1 is 0.667 bits per heavy atom. The van der Waals surface area contributed by atoms with Crippen molar-refractivity contribution in [3.8, 4) is 0 Å². The van der Waals surface area contributed by atoms with Crippen LogP contribution in [0.3, 0.4) is 0 Å². The van der Waals surface area contributed by atoms with Gasteiger partial charge in [0.1, 0.15) is 0 Å². The molecule has 0 aromatic heterocycles. The first kappa shape index (κ1) is 13.6. The Hall–Kier alpha value is -1.08. The molecule has 21 heavy (non-hydrogen) atoms. The van der Waals surface area contributed by atoms with Crippen molar-refractivity contribution in [2.45, 2.75) is 25.7 Å². The van der Waals surface area contributed by atoms with Gasteiger partial charge in [-0.15, -0.1) is 0 Å². The molecule has 4 rings (SSSR count). The fourth-order valence-electron chi connectivity index (χ4n) is 3.83. The van der Waals surface area contributed by atoms with Crippen LogP contribution < -0.4 is 0 Å². The Balaban J connectivity index is 1.47. The molecular formula is C20H22N. The van der Waals surface area contributed by atoms with E-state index in [1.807, 2.05) is 0 Å². The number of nitrogens with zero attached hydrogens (tertiary/aromatic N) is 1. The van der Waals surface area contributed by atoms with Crippen molar-refractivity contribution in [3.63, 3.8) is 0 Å². The molecule has 1 heteroatoms. The van der Waals surface area contributed by atoms with E-state index in [4.69, 9.17) is 0 Å². The maximum Gasteiger partial charge on any atom is 0.0209 e. The quantitative estimate of drug-likeness (QED) is 0.753. The van der Waals surface area contributed by atoms with Gasteiger partial charge in [0.05, 0.1) is 0 Å². The summed E-state index contributed by atoms with van der Waals surface area (Å²) in [6.45, 7) is 3.78. The number of hydrogen-bond acceptors (Lipinski definition) is 1. The molecule has 5 radical (unpaired) electrons. The van der Waals surface area contributed by atoms with Crippen LogP contribution in [0.25, 0.3) is 0 Å². The van der Waals surface area contributed by atoms with Gasteiger partial charge in [-0.3, -0.25) is 0 Å². The number of rotatable bonds is 3. The van der Waals surface area contributed by atoms with Crippen molar-refractivity contribution in [2.24, 2.45) is 0 Å². The molecule has 1 aliphatic heterocycles. The molecule has 0 spiro atoms. The molecule has 0 aromatic rings. The van der Waals surface area contributed by atoms with Crippen molar-refractivity contribution in [3.05, 3.63) is 78.2 Å². The highest BCUT2D eigenvalue weighted by molar-refractivity contribution is 5.76. The first-order valence-electron chi connectivity index (χ1n) is 8.21. The first-order valence-corrected chi connectivity index (χ1v) is 8.21. The molecule has 0 bridgehead atoms. The van der Waals surface area contributed by atoms with Crippen LogP contribution in [0.1, 0.15) is 25.7 Å². The van der Waals surface area contributed by atoms with Gasteiger partial charge in [-0.1, -0.05) is 55.0 Å². The van der Waals surface area contributed by atoms with E-state index < -0.39 is 0 Å². The summed E-state index contributed by atoms with van der Waals surface area (Å²) in [6, 6.07) is 0. The molecule has 2 fully saturated rings. The highest BCUT2D eigenvalue weighted by atomic mass is 15.1. The fourth-order valence-corrected chi connectivity index (χ4v) is 3.83. The molecule has 1 saturated heterocycles. The van der Waals surface area contributed by atoms with E-state index in [-0.39, 0.29) is 0 Å². The van der Waals surface area contributed by atoms with Gasteiger partial charge in [0, 0.05) is 29.6 Å². The molecule has 1 saturated carbocycles. The van der Waals surface area contributed by atoms with Gasteiger partial charge in [0.15, 0.2) is 0 Å². The van der Waals surface area contributed by atoms with Crippen LogP contribution in [-0.4, -0.2) is 24.5 Å². The van der Waals surface area contributed by atoms with E-state index in [9.17, 15) is 0 Å². The molecule has 107 valence electrons. The highest BCUT2D eigenvalue weighted by Gasteiger charge is 2.48. The second-order valence-electron chi connectivity index (χ2n) is 6.22. The van der Waals surface area contributed by atoms with Crippen molar-refractivity contribution < 1.29 is 0 Å². The van der Waals surface area contributed by atoms with Gasteiger partial charge in [0.25, 0.3) is 0 Å². The Labute approximate surface area is 129 Å². The summed E-state index contributed by atoms with van der Waals surface area (Å²) in [4.78, 5) is 2.64. The minimum Gasteiger partial charge on any atom is -0.303 e. The average molecular weight is 276 g/mol. The molecule has 1 nitrogen and oxygen atoms in total. The molecule has 0 amide bonds. The predicted molar refractivity (Wildman–Crippen MR) is 87.7 cm³/mol. The molecule has 4 aliphatic rings. The minimum atomic E-state index is 1.17. The lowest BCUT2D eigenvalue weighted by Gasteiger charge is -2.29. The van der Waals surface area contributed by atoms with E-state index in [0.717, 1.165) is 0 Å². The third-order valence-corrected chi connectivity index (χ3v) is 4.92. The van der Waals surface area contributed by atoms with E-state index in [2.05, 4.69) is 53.5 Å². The van der Waals surface area contributed by atoms with Crippen LogP contribution in [-0.2, 0) is 0 Å². The van der Waals surface area contributed by atoms with Crippen molar-refractivity contribution in [1.29, 1.82) is 0 Å². The van der Waals surface area contributed by atoms with E-state index in [1.54, 1.807) is 5.92 Å². The van der Waals surface area contributed by atoms with Gasteiger partial charge in [-0.2, -0.15) is 0 Å². The van der Waals surface area contributed by atoms with Crippen molar-refractivity contribution in [1.82, 2.24) is 4.90 Å². The Kier molecular flexibility index (Phi) is 3.85. The number of fused-ring (bicyclic) bond motifs is 3. The minimum absolute atomic E-state index is 1.17. The van der Waals surface area contributed by atoms with Gasteiger partial charge >= 0.3 is 0 Å². The molecule has 1 heterocycles. The summed E-state index contributed by atoms with van der Waals surface area (Å²) < 4.78 is 0. The standard InChI is InChI=1S/C20H22N/c1-6-13-21(14-7-1)15-12-20-18-10-4-2-8-16(18)17-9-3-5-11-19(17)20/h2-5,8-11H,1,6-7,12-15H2. The second-order valence-corrected chi connectivity index (χ2v) is 6.22. The molecular weight excluding hydrogens is 254 g/mol. The summed E-state index contributed by atoms with van der Waals surface area (Å²) in [5.74, 6) is 7.29. The van der Waals surface area contributed by atoms with Crippen LogP contribution in [0.2, 0.25) is 0 Å². The topological polar surface area (TPSA) is 3.24 Å². The predicted octanol–water partition coefficient (Wildman–Crippen LogP) is 4.00. The van der Waals surface area contributed by atoms with Crippen LogP contribution in [0, 0.1) is 29.6 Å². The highest BCUT2D eigenvalue weighted by Crippen LogP contribution is 2.58. The number of piperidine rings is 1. The Morgan fingerprint density at radius 2 is 1.19 bits per heavy atom. The molecule has 3 aliphatic carbocycles. The van der Waals surface area contributed by atoms with Crippen molar-refractivity contribution in [2.75, 3.05) is 19.6 Å². The van der Waals surface area contributed by atoms with Gasteiger partial charge in [-0.05, 0) is 38.9 Å². The monoisotopic (exact) mass is 276 g/mol. The third kappa shape index (κ3) is 2.57. The van der Waals surface area contributed by atoms with Gasteiger partial charge < -0.3 is 4.90 Å². The van der Waals surface area contributed by atoms with Crippen molar-refractivity contribution >= 4 is 0 Å². The number of allylic oxidation sites excluding steroid dienone is 8. The summed E-state index contributed by atoms with van der Waals surface area (Å²) in [5, 5.41) is 0. The average Bonchev–Trinajstić information content (AvgIpc) is 2.88. The lowest BCUT2D eigenvalue weighted by Crippen LogP contribution is -2.32. The summed E-state index contributed by atoms with van der Waals surface area (Å²) in [6.07, 6.45) is 23.1. The largest absolute Gasteiger partial charge is 0.303 e. The maximum atomic E-state index is 2.64. The maximum absolute atomic E-state index is 2.64. The van der Waals surface area contributed by atoms with E-state index >= 15 is 0 Å². The smallest absolute Gasteiger partial charge is 0.0209 e. The molecule has 0 unspecified atom stereocenters. The second kappa shape index (κ2) is 5.96. The Bertz CT molecular complexity index is 444.